The van der Waals surface area contributed by atoms with E-state index in [9.17, 15) is 10.1 Å². The summed E-state index contributed by atoms with van der Waals surface area (Å²) in [7, 11) is 0. The molecule has 0 aromatic heterocycles. The molecule has 4 heteroatoms. The third-order valence-corrected chi connectivity index (χ3v) is 2.39. The predicted octanol–water partition coefficient (Wildman–Crippen LogP) is 2.58. The molecule has 0 aliphatic rings. The Balaban J connectivity index is 2.42. The summed E-state index contributed by atoms with van der Waals surface area (Å²) in [4.78, 5) is 10.4. The number of hydrogen-bond acceptors (Lipinski definition) is 3. The molecule has 0 spiro atoms. The second-order valence-corrected chi connectivity index (χ2v) is 3.61. The van der Waals surface area contributed by atoms with Gasteiger partial charge >= 0.3 is 0 Å². The van der Waals surface area contributed by atoms with Crippen LogP contribution in [0.5, 0.6) is 0 Å². The van der Waals surface area contributed by atoms with Crippen molar-refractivity contribution >= 4 is 11.4 Å². The van der Waals surface area contributed by atoms with Crippen LogP contribution in [0.15, 0.2) is 48.5 Å². The van der Waals surface area contributed by atoms with E-state index in [-0.39, 0.29) is 5.69 Å². The maximum Gasteiger partial charge on any atom is 0.284 e. The van der Waals surface area contributed by atoms with Gasteiger partial charge in [0.1, 0.15) is 5.56 Å². The van der Waals surface area contributed by atoms with Gasteiger partial charge in [0.05, 0.1) is 4.92 Å². The molecule has 0 bridgehead atoms. The lowest BCUT2D eigenvalue weighted by molar-refractivity contribution is -0.385. The first-order chi connectivity index (χ1) is 8.68. The van der Waals surface area contributed by atoms with E-state index in [1.54, 1.807) is 30.3 Å². The molecule has 0 radical (unpaired) electrons. The van der Waals surface area contributed by atoms with Crippen molar-refractivity contribution in [3.63, 3.8) is 0 Å². The number of rotatable bonds is 1. The lowest BCUT2D eigenvalue weighted by Gasteiger charge is -1.96. The molecule has 0 aliphatic heterocycles. The second kappa shape index (κ2) is 5.02. The van der Waals surface area contributed by atoms with E-state index in [2.05, 4.69) is 11.8 Å². The van der Waals surface area contributed by atoms with Crippen LogP contribution in [0.3, 0.4) is 0 Å². The summed E-state index contributed by atoms with van der Waals surface area (Å²) in [5.74, 6) is 5.63. The fraction of sp³-hybridized carbons (Fsp3) is 0. The van der Waals surface area contributed by atoms with Gasteiger partial charge in [-0.1, -0.05) is 36.1 Å². The van der Waals surface area contributed by atoms with Crippen LogP contribution in [0, 0.1) is 22.0 Å². The standard InChI is InChI=1S/C14H10N2O2/c15-13-7-3-1-5-11(13)9-10-12-6-2-4-8-14(12)16(17)18/h1-8H,15H2. The first-order valence-corrected chi connectivity index (χ1v) is 5.28. The highest BCUT2D eigenvalue weighted by Crippen LogP contribution is 2.16. The van der Waals surface area contributed by atoms with Crippen LogP contribution in [0.25, 0.3) is 0 Å². The van der Waals surface area contributed by atoms with Gasteiger partial charge in [0.25, 0.3) is 5.69 Å². The fourth-order valence-electron chi connectivity index (χ4n) is 1.48. The lowest BCUT2D eigenvalue weighted by atomic mass is 10.1. The quantitative estimate of drug-likeness (QED) is 0.359. The monoisotopic (exact) mass is 238 g/mol. The Labute approximate surface area is 104 Å². The number of anilines is 1. The molecule has 2 N–H and O–H groups in total. The molecular weight excluding hydrogens is 228 g/mol. The lowest BCUT2D eigenvalue weighted by Crippen LogP contribution is -1.92. The summed E-state index contributed by atoms with van der Waals surface area (Å²) >= 11 is 0. The smallest absolute Gasteiger partial charge is 0.284 e. The third-order valence-electron chi connectivity index (χ3n) is 2.39. The molecule has 2 aromatic rings. The minimum atomic E-state index is -0.446. The van der Waals surface area contributed by atoms with Gasteiger partial charge in [-0.25, -0.2) is 0 Å². The van der Waals surface area contributed by atoms with Crippen molar-refractivity contribution in [2.75, 3.05) is 5.73 Å². The van der Waals surface area contributed by atoms with Gasteiger partial charge in [0, 0.05) is 17.3 Å². The Bertz CT molecular complexity index is 654. The SMILES string of the molecule is Nc1ccccc1C#Cc1ccccc1[N+](=O)[O-]. The van der Waals surface area contributed by atoms with Gasteiger partial charge in [-0.3, -0.25) is 10.1 Å². The maximum absolute atomic E-state index is 10.8. The molecule has 0 saturated carbocycles. The zero-order valence-corrected chi connectivity index (χ0v) is 9.46. The average Bonchev–Trinajstić information content (AvgIpc) is 2.38. The van der Waals surface area contributed by atoms with Crippen LogP contribution < -0.4 is 5.73 Å². The molecule has 18 heavy (non-hydrogen) atoms. The summed E-state index contributed by atoms with van der Waals surface area (Å²) in [5, 5.41) is 10.8. The number of nitro benzene ring substituents is 1. The molecule has 0 unspecified atom stereocenters. The van der Waals surface area contributed by atoms with Crippen LogP contribution >= 0.6 is 0 Å². The van der Waals surface area contributed by atoms with Gasteiger partial charge in [-0.2, -0.15) is 0 Å². The molecule has 2 aromatic carbocycles. The normalized spacial score (nSPS) is 9.33. The largest absolute Gasteiger partial charge is 0.398 e. The molecular formula is C14H10N2O2. The van der Waals surface area contributed by atoms with Gasteiger partial charge in [-0.15, -0.1) is 0 Å². The van der Waals surface area contributed by atoms with Crippen molar-refractivity contribution < 1.29 is 4.92 Å². The van der Waals surface area contributed by atoms with Gasteiger partial charge in [-0.05, 0) is 18.2 Å². The molecule has 0 saturated heterocycles. The third kappa shape index (κ3) is 2.47. The highest BCUT2D eigenvalue weighted by Gasteiger charge is 2.09. The molecule has 0 atom stereocenters. The summed E-state index contributed by atoms with van der Waals surface area (Å²) in [5.41, 5.74) is 7.35. The van der Waals surface area contributed by atoms with E-state index >= 15 is 0 Å². The Hall–Kier alpha value is -2.80. The van der Waals surface area contributed by atoms with E-state index < -0.39 is 4.92 Å². The van der Waals surface area contributed by atoms with Crippen molar-refractivity contribution in [1.29, 1.82) is 0 Å². The number of para-hydroxylation sites is 2. The van der Waals surface area contributed by atoms with Crippen LogP contribution in [0.4, 0.5) is 11.4 Å². The van der Waals surface area contributed by atoms with Crippen LogP contribution in [0.1, 0.15) is 11.1 Å². The molecule has 0 heterocycles. The minimum absolute atomic E-state index is 0.000461. The molecule has 88 valence electrons. The second-order valence-electron chi connectivity index (χ2n) is 3.61. The van der Waals surface area contributed by atoms with Crippen molar-refractivity contribution in [2.45, 2.75) is 0 Å². The van der Waals surface area contributed by atoms with Crippen LogP contribution in [-0.4, -0.2) is 4.92 Å². The molecule has 0 aliphatic carbocycles. The minimum Gasteiger partial charge on any atom is -0.398 e. The molecule has 2 rings (SSSR count). The van der Waals surface area contributed by atoms with E-state index in [4.69, 9.17) is 5.73 Å². The molecule has 0 fully saturated rings. The van der Waals surface area contributed by atoms with E-state index in [0.29, 0.717) is 16.8 Å². The highest BCUT2D eigenvalue weighted by molar-refractivity contribution is 5.59. The van der Waals surface area contributed by atoms with Gasteiger partial charge < -0.3 is 5.73 Å². The van der Waals surface area contributed by atoms with Crippen LogP contribution in [-0.2, 0) is 0 Å². The Morgan fingerprint density at radius 3 is 2.17 bits per heavy atom. The Morgan fingerprint density at radius 2 is 1.50 bits per heavy atom. The van der Waals surface area contributed by atoms with Crippen molar-refractivity contribution in [3.05, 3.63) is 69.8 Å². The number of nitrogen functional groups attached to an aromatic ring is 1. The first-order valence-electron chi connectivity index (χ1n) is 5.28. The van der Waals surface area contributed by atoms with Crippen molar-refractivity contribution in [2.24, 2.45) is 0 Å². The summed E-state index contributed by atoms with van der Waals surface area (Å²) < 4.78 is 0. The zero-order chi connectivity index (χ0) is 13.0. The summed E-state index contributed by atoms with van der Waals surface area (Å²) in [6.45, 7) is 0. The summed E-state index contributed by atoms with van der Waals surface area (Å²) in [6.07, 6.45) is 0. The van der Waals surface area contributed by atoms with Crippen LogP contribution in [0.2, 0.25) is 0 Å². The number of nitrogens with two attached hydrogens (primary N) is 1. The average molecular weight is 238 g/mol. The van der Waals surface area contributed by atoms with E-state index in [0.717, 1.165) is 0 Å². The topological polar surface area (TPSA) is 69.2 Å². The molecule has 0 amide bonds. The van der Waals surface area contributed by atoms with E-state index in [1.807, 2.05) is 12.1 Å². The zero-order valence-electron chi connectivity index (χ0n) is 9.46. The van der Waals surface area contributed by atoms with E-state index in [1.165, 1.54) is 6.07 Å². The highest BCUT2D eigenvalue weighted by atomic mass is 16.6. The Kier molecular flexibility index (Phi) is 3.26. The number of hydrogen-bond donors (Lipinski definition) is 1. The maximum atomic E-state index is 10.8. The summed E-state index contributed by atoms with van der Waals surface area (Å²) in [6, 6.07) is 13.5. The Morgan fingerprint density at radius 1 is 0.944 bits per heavy atom. The number of benzene rings is 2. The van der Waals surface area contributed by atoms with Crippen molar-refractivity contribution in [1.82, 2.24) is 0 Å². The number of nitro groups is 1. The number of nitrogens with zero attached hydrogens (tertiary/aromatic N) is 1. The fourth-order valence-corrected chi connectivity index (χ4v) is 1.48. The van der Waals surface area contributed by atoms with Crippen molar-refractivity contribution in [3.8, 4) is 11.8 Å². The predicted molar refractivity (Wildman–Crippen MR) is 69.9 cm³/mol. The molecule has 4 nitrogen and oxygen atoms in total. The first kappa shape index (κ1) is 11.7. The van der Waals surface area contributed by atoms with Gasteiger partial charge in [0.15, 0.2) is 0 Å². The van der Waals surface area contributed by atoms with Gasteiger partial charge in [0.2, 0.25) is 0 Å².